The first-order chi connectivity index (χ1) is 71.7. The second-order valence-corrected chi connectivity index (χ2v) is 41.7. The number of esters is 9. The van der Waals surface area contributed by atoms with E-state index in [4.69, 9.17) is 96.8 Å². The van der Waals surface area contributed by atoms with Crippen molar-refractivity contribution in [2.24, 2.45) is 0 Å². The van der Waals surface area contributed by atoms with E-state index in [9.17, 15) is 87.9 Å². The van der Waals surface area contributed by atoms with E-state index in [1.54, 1.807) is 49.9 Å². The summed E-state index contributed by atoms with van der Waals surface area (Å²) in [6.07, 6.45) is 16.2. The molecule has 9 unspecified atom stereocenters. The number of benzene rings is 3. The van der Waals surface area contributed by atoms with Gasteiger partial charge in [-0.3, -0.25) is 62.3 Å². The van der Waals surface area contributed by atoms with E-state index in [-0.39, 0.29) is 60.8 Å². The van der Waals surface area contributed by atoms with Gasteiger partial charge in [-0.05, 0) is 121 Å². The Kier molecular flexibility index (Phi) is 51.9. The zero-order valence-electron chi connectivity index (χ0n) is 85.4. The van der Waals surface area contributed by atoms with Crippen molar-refractivity contribution in [1.29, 1.82) is 0 Å². The maximum absolute atomic E-state index is 12.9. The van der Waals surface area contributed by atoms with Gasteiger partial charge in [0.05, 0.1) is 72.3 Å². The van der Waals surface area contributed by atoms with E-state index < -0.39 is 164 Å². The van der Waals surface area contributed by atoms with E-state index in [0.29, 0.717) is 145 Å². The number of carbonyl (C=O) groups is 13. The number of ether oxygens (including phenoxy) is 14. The molecule has 43 heteroatoms. The molecule has 12 rings (SSSR count). The average Bonchev–Trinajstić information content (AvgIpc) is 1.33. The van der Waals surface area contributed by atoms with Crippen molar-refractivity contribution < 1.29 is 159 Å². The maximum atomic E-state index is 12.9. The molecule has 21 atom stereocenters. The number of aliphatic carboxylic acids is 1. The highest BCUT2D eigenvalue weighted by Gasteiger charge is 2.54. The first-order valence-electron chi connectivity index (χ1n) is 49.8. The fourth-order valence-corrected chi connectivity index (χ4v) is 22.9. The van der Waals surface area contributed by atoms with Crippen molar-refractivity contribution in [1.82, 2.24) is 14.7 Å². The molecule has 150 heavy (non-hydrogen) atoms. The van der Waals surface area contributed by atoms with Crippen LogP contribution in [0, 0.1) is 0 Å². The molecular formula is C107H135BrCl3N3O33S3. The summed E-state index contributed by atoms with van der Waals surface area (Å²) in [5.41, 5.74) is 0. The fourth-order valence-electron chi connectivity index (χ4n) is 17.6. The predicted octanol–water partition coefficient (Wildman–Crippen LogP) is 15.0. The van der Waals surface area contributed by atoms with E-state index >= 15 is 0 Å². The van der Waals surface area contributed by atoms with Crippen LogP contribution < -0.4 is 0 Å². The highest BCUT2D eigenvalue weighted by atomic mass is 79.9. The minimum absolute atomic E-state index is 0.00443. The third-order valence-electron chi connectivity index (χ3n) is 25.0. The number of aliphatic hydroxyl groups excluding tert-OH is 5. The standard InChI is InChI=1S/C38H48ClNO11S.C30H38ClNO9S.C25H30ClNO4S.C14H19BrO9/c1-6-29-35(47-23(2)41)36(48-24(3)42)37(49-25(4)43)38(51-29)50-27(19-20-31-34(39)28-13-10-11-14-30(28)52-31)18-16-26-17-21-32(44)40(26)22-12-8-7-9-15-33(45)46-5;31-26-20-7-4-5-8-22(20)42-23(26)14-13-19(40-30-29(39)28(38)27(37)21(17-33)41-30)12-10-18-11-15-24(34)32(18)16-6-2-1-3-9-25(35)36;1-31-24(30)10-4-2-3-7-17-27-18(12-16-23(27)29)11-13-19(28)14-15-22-25(26)20-8-5-6-9-21(20)32-22;1-6(16)20-5-10-11(21-7(2)17)12(22-8(3)18)13(14(15)24-10)23-9(4)19/h8,10-14,16,18,26-27,29,35-38H,6-7,9,15,17,19-22H2,1-5H3;2,4-8,10,12,18-19,21,27-30,33,37-39H,1,3,9,11,13-17H2,(H,35,36);3,5-9,11,13,18-19,28H,2,4,10,12,14-17H2,1H3;10-14H,5H2,1-4H3/b12-8-,18-16+;6-2-,12-10+;7-3-,13-11+;/t26-,27?,29?,35+,36-,37?,38+;18-,19?,21?,27+,28-,29?,30+;18-,19?;10?,11-,12-,13?,14+/m0001/s1. The molecule has 3 aromatic carbocycles. The Morgan fingerprint density at radius 2 is 0.807 bits per heavy atom. The quantitative estimate of drug-likeness (QED) is 0.00679. The Labute approximate surface area is 906 Å². The van der Waals surface area contributed by atoms with Gasteiger partial charge in [-0.1, -0.05) is 185 Å². The highest BCUT2D eigenvalue weighted by Crippen LogP contribution is 2.42. The number of nitrogens with zero attached hydrogens (tertiary/aromatic N) is 3. The number of aryl methyl sites for hydroxylation is 3. The lowest BCUT2D eigenvalue weighted by Crippen LogP contribution is -2.62. The Morgan fingerprint density at radius 1 is 0.447 bits per heavy atom. The lowest BCUT2D eigenvalue weighted by Gasteiger charge is -2.44. The Morgan fingerprint density at radius 3 is 1.19 bits per heavy atom. The van der Waals surface area contributed by atoms with Gasteiger partial charge in [0.25, 0.3) is 0 Å². The molecule has 6 fully saturated rings. The first-order valence-corrected chi connectivity index (χ1v) is 54.3. The molecule has 0 radical (unpaired) electrons. The molecule has 0 bridgehead atoms. The summed E-state index contributed by atoms with van der Waals surface area (Å²) in [7, 11) is 2.75. The summed E-state index contributed by atoms with van der Waals surface area (Å²) in [6, 6.07) is 23.4. The number of carboxylic acid groups (broad SMARTS) is 1. The maximum Gasteiger partial charge on any atom is 0.305 e. The predicted molar refractivity (Wildman–Crippen MR) is 564 cm³/mol. The van der Waals surface area contributed by atoms with Gasteiger partial charge >= 0.3 is 59.7 Å². The molecule has 822 valence electrons. The number of allylic oxidation sites excluding steroid dienone is 3. The smallest absolute Gasteiger partial charge is 0.305 e. The number of likely N-dealkylation sites (tertiary alicyclic amines) is 3. The fraction of sp³-hybridized carbons (Fsp3) is 0.542. The number of carbonyl (C=O) groups excluding carboxylic acids is 12. The molecular weight excluding hydrogens is 2140 g/mol. The normalized spacial score (nSPS) is 24.5. The summed E-state index contributed by atoms with van der Waals surface area (Å²) in [5.74, 6) is -5.58. The van der Waals surface area contributed by atoms with Gasteiger partial charge in [-0.25, -0.2) is 0 Å². The van der Waals surface area contributed by atoms with Gasteiger partial charge in [0.1, 0.15) is 43.2 Å². The van der Waals surface area contributed by atoms with E-state index in [1.807, 2.05) is 145 Å². The van der Waals surface area contributed by atoms with E-state index in [1.165, 1.54) is 48.8 Å². The van der Waals surface area contributed by atoms with Crippen LogP contribution in [0.2, 0.25) is 15.1 Å². The third kappa shape index (κ3) is 38.3. The zero-order chi connectivity index (χ0) is 109. The number of aliphatic hydroxyl groups is 5. The van der Waals surface area contributed by atoms with Crippen molar-refractivity contribution in [3.05, 3.63) is 175 Å². The number of unbranched alkanes of at least 4 members (excludes halogenated alkanes) is 3. The largest absolute Gasteiger partial charge is 0.481 e. The van der Waals surface area contributed by atoms with Gasteiger partial charge in [0.2, 0.25) is 17.7 Å². The summed E-state index contributed by atoms with van der Waals surface area (Å²) in [4.78, 5) is 161. The van der Waals surface area contributed by atoms with E-state index in [0.717, 1.165) is 83.0 Å². The minimum Gasteiger partial charge on any atom is -0.481 e. The Balaban J connectivity index is 0.000000230. The number of hydrogen-bond donors (Lipinski definition) is 6. The zero-order valence-corrected chi connectivity index (χ0v) is 91.7. The average molecular weight is 2270 g/mol. The van der Waals surface area contributed by atoms with Crippen LogP contribution in [-0.4, -0.2) is 297 Å². The van der Waals surface area contributed by atoms with Crippen LogP contribution in [0.4, 0.5) is 0 Å². The third-order valence-corrected chi connectivity index (χ3v) is 31.0. The number of alkyl halides is 1. The minimum atomic E-state index is -1.56. The number of methoxy groups -OCH3 is 2. The van der Waals surface area contributed by atoms with Crippen molar-refractivity contribution in [3.63, 3.8) is 0 Å². The molecule has 3 amide bonds. The number of halogens is 4. The SMILES string of the molecule is CC(=O)OCC1O[C@H](Br)C(OC(C)=O)[C@H](OC(C)=O)[C@@H]1OC(C)=O.CCC1O[C@@H](OC(/C=C/[C@H]2CCC(=O)N2C/C=C\CCCC(=O)OC)CCc2sc3ccccc3c2Cl)C(OC(C)=O)[C@@H](OC(C)=O)[C@@H]1OC(C)=O.COC(=O)CCC/C=C\CN1C(=O)CC[C@@H]1/C=C/C(O)CCc1sc2ccccc2c1Cl.O=C(O)CCC/C=C\CN1C(=O)CC[C@@H]1/C=C/C(CCc1sc2ccccc2c1Cl)O[C@@H]1OC(CO)[C@@H](O)[C@H](O)C1O. The van der Waals surface area contributed by atoms with Crippen LogP contribution in [-0.2, 0) is 148 Å². The lowest BCUT2D eigenvalue weighted by molar-refractivity contribution is -0.310. The van der Waals surface area contributed by atoms with E-state index in [2.05, 4.69) is 31.5 Å². The number of amides is 3. The monoisotopic (exact) mass is 2270 g/mol. The van der Waals surface area contributed by atoms with Crippen molar-refractivity contribution in [2.45, 2.75) is 324 Å². The number of hydrogen-bond acceptors (Lipinski definition) is 35. The molecule has 36 nitrogen and oxygen atoms in total. The van der Waals surface area contributed by atoms with Crippen molar-refractivity contribution >= 4 is 192 Å². The molecule has 0 saturated carbocycles. The molecule has 6 aliphatic rings. The topological polar surface area (TPSA) is 482 Å². The highest BCUT2D eigenvalue weighted by molar-refractivity contribution is 9.09. The molecule has 6 aliphatic heterocycles. The lowest BCUT2D eigenvalue weighted by atomic mass is 9.96. The van der Waals surface area contributed by atoms with Crippen molar-refractivity contribution in [3.8, 4) is 0 Å². The van der Waals surface area contributed by atoms with Crippen LogP contribution in [0.1, 0.15) is 192 Å². The summed E-state index contributed by atoms with van der Waals surface area (Å²) in [5, 5.41) is 64.1. The Bertz CT molecular complexity index is 5690. The van der Waals surface area contributed by atoms with Crippen molar-refractivity contribution in [2.75, 3.05) is 47.1 Å². The van der Waals surface area contributed by atoms with Crippen LogP contribution >= 0.6 is 84.7 Å². The molecule has 6 saturated heterocycles. The number of fused-ring (bicyclic) bond motifs is 3. The summed E-state index contributed by atoms with van der Waals surface area (Å²) < 4.78 is 80.0. The summed E-state index contributed by atoms with van der Waals surface area (Å²) in [6.45, 7) is 10.8. The van der Waals surface area contributed by atoms with Crippen LogP contribution in [0.25, 0.3) is 30.3 Å². The summed E-state index contributed by atoms with van der Waals surface area (Å²) >= 11 is 28.0. The van der Waals surface area contributed by atoms with Crippen LogP contribution in [0.5, 0.6) is 0 Å². The molecule has 0 aliphatic carbocycles. The van der Waals surface area contributed by atoms with Gasteiger partial charge in [0, 0.05) is 152 Å². The van der Waals surface area contributed by atoms with Crippen LogP contribution in [0.3, 0.4) is 0 Å². The molecule has 0 spiro atoms. The molecule has 6 aromatic rings. The van der Waals surface area contributed by atoms with Crippen LogP contribution in [0.15, 0.2) is 146 Å². The van der Waals surface area contributed by atoms with Gasteiger partial charge < -0.3 is 112 Å². The first kappa shape index (κ1) is 124. The van der Waals surface area contributed by atoms with Gasteiger partial charge in [0.15, 0.2) is 54.2 Å². The second-order valence-electron chi connectivity index (χ2n) is 36.2. The number of rotatable bonds is 47. The number of carboxylic acids is 1. The van der Waals surface area contributed by atoms with Gasteiger partial charge in [-0.15, -0.1) is 34.0 Å². The molecule has 3 aromatic heterocycles. The number of thiophene rings is 3. The Hall–Kier alpha value is -9.96. The molecule has 6 N–H and O–H groups in total. The second kappa shape index (κ2) is 63.0. The molecule has 9 heterocycles. The van der Waals surface area contributed by atoms with Gasteiger partial charge in [-0.2, -0.15) is 0 Å².